The minimum absolute atomic E-state index is 0.116. The Morgan fingerprint density at radius 2 is 2.00 bits per heavy atom. The van der Waals surface area contributed by atoms with Gasteiger partial charge >= 0.3 is 5.97 Å². The van der Waals surface area contributed by atoms with Gasteiger partial charge < -0.3 is 29.5 Å². The van der Waals surface area contributed by atoms with Gasteiger partial charge in [0.1, 0.15) is 12.2 Å². The first-order chi connectivity index (χ1) is 14.6. The number of unbranched alkanes of at least 4 members (excludes halogenated alkanes) is 1. The highest BCUT2D eigenvalue weighted by Crippen LogP contribution is 2.72. The molecule has 0 aromatic rings. The van der Waals surface area contributed by atoms with Crippen LogP contribution in [0.4, 0.5) is 0 Å². The van der Waals surface area contributed by atoms with Crippen molar-refractivity contribution in [3.05, 3.63) is 12.2 Å². The molecule has 3 saturated heterocycles. The van der Waals surface area contributed by atoms with Crippen LogP contribution in [0.5, 0.6) is 0 Å². The van der Waals surface area contributed by atoms with Crippen molar-refractivity contribution in [2.24, 2.45) is 34.5 Å². The van der Waals surface area contributed by atoms with Crippen LogP contribution in [-0.4, -0.2) is 58.3 Å². The topological polar surface area (TPSA) is 105 Å². The molecule has 0 aromatic heterocycles. The van der Waals surface area contributed by atoms with E-state index in [2.05, 4.69) is 27.4 Å². The number of aliphatic hydroxyl groups is 3. The summed E-state index contributed by atoms with van der Waals surface area (Å²) in [6, 6.07) is 0. The fraction of sp³-hybridized carbons (Fsp3) is 0.875. The number of ether oxygens (including phenoxy) is 3. The zero-order chi connectivity index (χ0) is 22.3. The molecule has 3 N–H and O–H groups in total. The van der Waals surface area contributed by atoms with Gasteiger partial charge in [0.25, 0.3) is 0 Å². The Labute approximate surface area is 183 Å². The normalized spacial score (nSPS) is 52.3. The minimum Gasteiger partial charge on any atom is -0.459 e. The minimum atomic E-state index is -1.82. The molecule has 7 nitrogen and oxygen atoms in total. The molecule has 1 unspecified atom stereocenters. The predicted octanol–water partition coefficient (Wildman–Crippen LogP) is 2.13. The van der Waals surface area contributed by atoms with E-state index in [4.69, 9.17) is 14.2 Å². The van der Waals surface area contributed by atoms with Gasteiger partial charge in [0.05, 0.1) is 11.5 Å². The Bertz CT molecular complexity index is 780. The Morgan fingerprint density at radius 3 is 2.71 bits per heavy atom. The van der Waals surface area contributed by atoms with Crippen molar-refractivity contribution in [3.8, 4) is 0 Å². The largest absolute Gasteiger partial charge is 0.459 e. The van der Waals surface area contributed by atoms with Crippen molar-refractivity contribution in [1.82, 2.24) is 0 Å². The number of rotatable bonds is 4. The maximum atomic E-state index is 12.5. The van der Waals surface area contributed by atoms with Crippen LogP contribution in [0.3, 0.4) is 0 Å². The Morgan fingerprint density at radius 1 is 1.26 bits per heavy atom. The van der Waals surface area contributed by atoms with E-state index in [0.29, 0.717) is 31.4 Å². The summed E-state index contributed by atoms with van der Waals surface area (Å²) < 4.78 is 18.3. The summed E-state index contributed by atoms with van der Waals surface area (Å²) in [4.78, 5) is 12.5. The molecule has 3 heterocycles. The number of aliphatic hydroxyl groups excluding tert-OH is 2. The maximum absolute atomic E-state index is 12.5. The van der Waals surface area contributed by atoms with Crippen molar-refractivity contribution < 1.29 is 34.3 Å². The lowest BCUT2D eigenvalue weighted by molar-refractivity contribution is -0.498. The molecule has 10 atom stereocenters. The first kappa shape index (κ1) is 21.8. The third kappa shape index (κ3) is 2.67. The zero-order valence-electron chi connectivity index (χ0n) is 18.8. The molecule has 1 spiro atoms. The molecule has 31 heavy (non-hydrogen) atoms. The number of fused-ring (bicyclic) bond motifs is 3. The number of hydrogen-bond donors (Lipinski definition) is 3. The molecular weight excluding hydrogens is 400 g/mol. The van der Waals surface area contributed by atoms with Gasteiger partial charge in [-0.15, -0.1) is 0 Å². The van der Waals surface area contributed by atoms with Gasteiger partial charge in [-0.1, -0.05) is 33.8 Å². The second-order valence-electron chi connectivity index (χ2n) is 11.2. The standard InChI is InChI=1S/C24H36O7/c1-5-6-9-29-21-23-16(25)7-8-22(3,4)18(23)19(26)24(28,31-21)14-10-13-11-15(17(14)23)30-20(27)12(13)2/h13-19,21,25-26,28H,2,5-11H2,1,3-4H3/t13-,14-,15+,16-,17-,18+,19-,21?,23+,24+/m0/s1. The van der Waals surface area contributed by atoms with Gasteiger partial charge in [-0.25, -0.2) is 4.79 Å². The lowest BCUT2D eigenvalue weighted by Crippen LogP contribution is -2.84. The zero-order valence-corrected chi connectivity index (χ0v) is 18.8. The SMILES string of the molecule is C=C1C(=O)O[C@@H]2C[C@@H]1C[C@H]1[C@@H]2[C@@]23C(OCCCC)O[C@@]1(O)[C@@H](O)[C@@H]2C(C)(C)CC[C@@H]3O. The summed E-state index contributed by atoms with van der Waals surface area (Å²) in [5.41, 5.74) is -0.894. The monoisotopic (exact) mass is 436 g/mol. The second kappa shape index (κ2) is 7.00. The highest BCUT2D eigenvalue weighted by molar-refractivity contribution is 5.89. The predicted molar refractivity (Wildman–Crippen MR) is 110 cm³/mol. The van der Waals surface area contributed by atoms with Gasteiger partial charge in [-0.3, -0.25) is 0 Å². The fourth-order valence-corrected chi connectivity index (χ4v) is 7.91. The van der Waals surface area contributed by atoms with Gasteiger partial charge in [-0.2, -0.15) is 0 Å². The van der Waals surface area contributed by atoms with Crippen molar-refractivity contribution in [2.45, 2.75) is 89.7 Å². The summed E-state index contributed by atoms with van der Waals surface area (Å²) >= 11 is 0. The summed E-state index contributed by atoms with van der Waals surface area (Å²) in [6.45, 7) is 10.6. The number of carbonyl (C=O) groups excluding carboxylic acids is 1. The summed E-state index contributed by atoms with van der Waals surface area (Å²) in [7, 11) is 0. The molecule has 0 radical (unpaired) electrons. The highest BCUT2D eigenvalue weighted by atomic mass is 16.8. The molecule has 7 heteroatoms. The number of hydrogen-bond acceptors (Lipinski definition) is 7. The van der Waals surface area contributed by atoms with E-state index in [1.165, 1.54) is 0 Å². The lowest BCUT2D eigenvalue weighted by Gasteiger charge is -2.74. The van der Waals surface area contributed by atoms with E-state index < -0.39 is 53.6 Å². The van der Waals surface area contributed by atoms with Gasteiger partial charge in [-0.05, 0) is 43.4 Å². The Balaban J connectivity index is 1.67. The van der Waals surface area contributed by atoms with E-state index in [9.17, 15) is 20.1 Å². The van der Waals surface area contributed by atoms with Crippen LogP contribution in [0, 0.1) is 34.5 Å². The summed E-state index contributed by atoms with van der Waals surface area (Å²) in [5.74, 6) is -3.60. The lowest BCUT2D eigenvalue weighted by atomic mass is 9.38. The van der Waals surface area contributed by atoms with Crippen LogP contribution >= 0.6 is 0 Å². The third-order valence-corrected chi connectivity index (χ3v) is 9.24. The van der Waals surface area contributed by atoms with E-state index >= 15 is 0 Å². The first-order valence-electron chi connectivity index (χ1n) is 11.9. The highest BCUT2D eigenvalue weighted by Gasteiger charge is 2.81. The molecule has 3 aliphatic carbocycles. The van der Waals surface area contributed by atoms with Gasteiger partial charge in [0.2, 0.25) is 0 Å². The smallest absolute Gasteiger partial charge is 0.333 e. The van der Waals surface area contributed by atoms with E-state index in [1.807, 2.05) is 0 Å². The average molecular weight is 437 g/mol. The number of carbonyl (C=O) groups is 1. The van der Waals surface area contributed by atoms with E-state index in [0.717, 1.165) is 19.3 Å². The molecule has 3 aliphatic heterocycles. The van der Waals surface area contributed by atoms with Crippen LogP contribution in [-0.2, 0) is 19.0 Å². The van der Waals surface area contributed by atoms with Crippen molar-refractivity contribution >= 4 is 5.97 Å². The van der Waals surface area contributed by atoms with Crippen LogP contribution in [0.2, 0.25) is 0 Å². The Kier molecular flexibility index (Phi) is 4.93. The van der Waals surface area contributed by atoms with Crippen LogP contribution in [0.25, 0.3) is 0 Å². The quantitative estimate of drug-likeness (QED) is 0.352. The van der Waals surface area contributed by atoms with E-state index in [1.54, 1.807) is 0 Å². The van der Waals surface area contributed by atoms with Crippen molar-refractivity contribution in [2.75, 3.05) is 6.61 Å². The molecular formula is C24H36O7. The third-order valence-electron chi connectivity index (χ3n) is 9.24. The van der Waals surface area contributed by atoms with Crippen molar-refractivity contribution in [3.63, 3.8) is 0 Å². The Hall–Kier alpha value is -0.990. The molecule has 174 valence electrons. The molecule has 6 fully saturated rings. The van der Waals surface area contributed by atoms with Crippen LogP contribution < -0.4 is 0 Å². The van der Waals surface area contributed by atoms with Crippen LogP contribution in [0.1, 0.15) is 59.3 Å². The van der Waals surface area contributed by atoms with E-state index in [-0.39, 0.29) is 17.3 Å². The molecule has 6 aliphatic rings. The molecule has 0 amide bonds. The molecule has 4 bridgehead atoms. The molecule has 3 saturated carbocycles. The van der Waals surface area contributed by atoms with Crippen molar-refractivity contribution in [1.29, 1.82) is 0 Å². The second-order valence-corrected chi connectivity index (χ2v) is 11.2. The molecule has 0 aromatic carbocycles. The summed E-state index contributed by atoms with van der Waals surface area (Å²) in [6.07, 6.45) is 0.865. The van der Waals surface area contributed by atoms with Gasteiger partial charge in [0.15, 0.2) is 12.1 Å². The first-order valence-corrected chi connectivity index (χ1v) is 11.9. The summed E-state index contributed by atoms with van der Waals surface area (Å²) in [5, 5.41) is 35.0. The maximum Gasteiger partial charge on any atom is 0.333 e. The molecule has 6 rings (SSSR count). The number of esters is 1. The average Bonchev–Trinajstić information content (AvgIpc) is 2.71. The van der Waals surface area contributed by atoms with Crippen LogP contribution in [0.15, 0.2) is 12.2 Å². The fourth-order valence-electron chi connectivity index (χ4n) is 7.91. The van der Waals surface area contributed by atoms with Gasteiger partial charge in [0, 0.05) is 29.9 Å².